The molecule has 0 aliphatic rings. The van der Waals surface area contributed by atoms with Crippen LogP contribution in [-0.2, 0) is 4.74 Å². The smallest absolute Gasteiger partial charge is 0.125 e. The van der Waals surface area contributed by atoms with E-state index in [9.17, 15) is 0 Å². The summed E-state index contributed by atoms with van der Waals surface area (Å²) in [5, 5.41) is 3.87. The third kappa shape index (κ3) is 3.37. The number of halogens is 1. The van der Waals surface area contributed by atoms with E-state index in [2.05, 4.69) is 5.32 Å². The Morgan fingerprint density at radius 3 is 2.75 bits per heavy atom. The van der Waals surface area contributed by atoms with E-state index >= 15 is 0 Å². The van der Waals surface area contributed by atoms with E-state index in [-0.39, 0.29) is 6.04 Å². The van der Waals surface area contributed by atoms with Crippen molar-refractivity contribution in [3.63, 3.8) is 0 Å². The molecule has 0 bridgehead atoms. The molecule has 0 fully saturated rings. The molecule has 0 aromatic heterocycles. The van der Waals surface area contributed by atoms with Gasteiger partial charge in [-0.1, -0.05) is 17.7 Å². The summed E-state index contributed by atoms with van der Waals surface area (Å²) in [5.74, 6) is 0.784. The van der Waals surface area contributed by atoms with Crippen LogP contribution in [0, 0.1) is 0 Å². The Labute approximate surface area is 102 Å². The van der Waals surface area contributed by atoms with Crippen molar-refractivity contribution in [3.8, 4) is 5.75 Å². The van der Waals surface area contributed by atoms with Gasteiger partial charge in [0.15, 0.2) is 0 Å². The van der Waals surface area contributed by atoms with E-state index in [1.54, 1.807) is 7.11 Å². The Morgan fingerprint density at radius 1 is 1.44 bits per heavy atom. The zero-order valence-electron chi connectivity index (χ0n) is 9.92. The van der Waals surface area contributed by atoms with Crippen LogP contribution in [0.2, 0.25) is 5.02 Å². The van der Waals surface area contributed by atoms with E-state index in [4.69, 9.17) is 21.1 Å². The lowest BCUT2D eigenvalue weighted by atomic mass is 10.1. The second-order valence-corrected chi connectivity index (χ2v) is 3.82. The number of nitrogens with one attached hydrogen (secondary N) is 1. The van der Waals surface area contributed by atoms with Crippen LogP contribution in [0.25, 0.3) is 0 Å². The molecule has 0 saturated carbocycles. The van der Waals surface area contributed by atoms with Crippen LogP contribution >= 0.6 is 11.6 Å². The van der Waals surface area contributed by atoms with Gasteiger partial charge in [-0.15, -0.1) is 0 Å². The highest BCUT2D eigenvalue weighted by molar-refractivity contribution is 6.30. The molecule has 0 heterocycles. The van der Waals surface area contributed by atoms with Gasteiger partial charge in [-0.05, 0) is 26.1 Å². The number of rotatable bonds is 6. The van der Waals surface area contributed by atoms with E-state index in [1.807, 2.05) is 32.2 Å². The zero-order valence-corrected chi connectivity index (χ0v) is 10.7. The predicted octanol–water partition coefficient (Wildman–Crippen LogP) is 2.65. The van der Waals surface area contributed by atoms with Crippen LogP contribution in [0.4, 0.5) is 0 Å². The van der Waals surface area contributed by atoms with Gasteiger partial charge in [-0.3, -0.25) is 0 Å². The maximum absolute atomic E-state index is 5.92. The van der Waals surface area contributed by atoms with E-state index in [0.717, 1.165) is 11.3 Å². The normalized spacial score (nSPS) is 12.5. The van der Waals surface area contributed by atoms with E-state index < -0.39 is 0 Å². The first-order valence-corrected chi connectivity index (χ1v) is 5.69. The quantitative estimate of drug-likeness (QED) is 0.833. The molecule has 4 heteroatoms. The monoisotopic (exact) mass is 243 g/mol. The average molecular weight is 244 g/mol. The van der Waals surface area contributed by atoms with Crippen molar-refractivity contribution in [2.75, 3.05) is 27.4 Å². The van der Waals surface area contributed by atoms with Crippen LogP contribution in [0.15, 0.2) is 18.2 Å². The van der Waals surface area contributed by atoms with Crippen molar-refractivity contribution in [1.29, 1.82) is 0 Å². The minimum Gasteiger partial charge on any atom is -0.496 e. The van der Waals surface area contributed by atoms with Crippen LogP contribution in [-0.4, -0.2) is 27.4 Å². The van der Waals surface area contributed by atoms with Gasteiger partial charge in [0.1, 0.15) is 5.75 Å². The van der Waals surface area contributed by atoms with Gasteiger partial charge in [0.2, 0.25) is 0 Å². The van der Waals surface area contributed by atoms with Crippen molar-refractivity contribution in [1.82, 2.24) is 5.32 Å². The molecule has 0 aliphatic carbocycles. The summed E-state index contributed by atoms with van der Waals surface area (Å²) in [6.07, 6.45) is 0. The molecule has 3 nitrogen and oxygen atoms in total. The molecule has 0 spiro atoms. The lowest BCUT2D eigenvalue weighted by Gasteiger charge is -2.19. The molecule has 0 radical (unpaired) electrons. The largest absolute Gasteiger partial charge is 0.496 e. The highest BCUT2D eigenvalue weighted by atomic mass is 35.5. The Hall–Kier alpha value is -0.770. The van der Waals surface area contributed by atoms with Crippen molar-refractivity contribution in [2.24, 2.45) is 0 Å². The lowest BCUT2D eigenvalue weighted by molar-refractivity contribution is 0.124. The first kappa shape index (κ1) is 13.3. The fraction of sp³-hybridized carbons (Fsp3) is 0.500. The van der Waals surface area contributed by atoms with Crippen molar-refractivity contribution >= 4 is 11.6 Å². The van der Waals surface area contributed by atoms with Gasteiger partial charge in [0.05, 0.1) is 19.8 Å². The number of hydrogen-bond donors (Lipinski definition) is 1. The minimum absolute atomic E-state index is 0.118. The summed E-state index contributed by atoms with van der Waals surface area (Å²) in [7, 11) is 3.54. The fourth-order valence-electron chi connectivity index (χ4n) is 1.54. The average Bonchev–Trinajstić information content (AvgIpc) is 2.31. The number of hydrogen-bond acceptors (Lipinski definition) is 3. The van der Waals surface area contributed by atoms with Crippen LogP contribution in [0.3, 0.4) is 0 Å². The van der Waals surface area contributed by atoms with Crippen LogP contribution in [0.1, 0.15) is 18.5 Å². The Morgan fingerprint density at radius 2 is 2.19 bits per heavy atom. The number of benzene rings is 1. The number of ether oxygens (including phenoxy) is 2. The molecule has 1 unspecified atom stereocenters. The van der Waals surface area contributed by atoms with Crippen molar-refractivity contribution < 1.29 is 9.47 Å². The second kappa shape index (κ2) is 6.74. The summed E-state index contributed by atoms with van der Waals surface area (Å²) in [5.41, 5.74) is 1.06. The van der Waals surface area contributed by atoms with Crippen LogP contribution < -0.4 is 10.1 Å². The summed E-state index contributed by atoms with van der Waals surface area (Å²) in [4.78, 5) is 0. The van der Waals surface area contributed by atoms with Gasteiger partial charge in [-0.2, -0.15) is 0 Å². The summed E-state index contributed by atoms with van der Waals surface area (Å²) >= 11 is 5.92. The molecule has 1 rings (SSSR count). The molecule has 0 amide bonds. The Kier molecular flexibility index (Phi) is 5.60. The lowest BCUT2D eigenvalue weighted by Crippen LogP contribution is -2.22. The fourth-order valence-corrected chi connectivity index (χ4v) is 1.70. The highest BCUT2D eigenvalue weighted by Gasteiger charge is 2.14. The van der Waals surface area contributed by atoms with E-state index in [0.29, 0.717) is 18.2 Å². The highest BCUT2D eigenvalue weighted by Crippen LogP contribution is 2.28. The predicted molar refractivity (Wildman–Crippen MR) is 66.3 cm³/mol. The van der Waals surface area contributed by atoms with Gasteiger partial charge in [0.25, 0.3) is 0 Å². The van der Waals surface area contributed by atoms with Gasteiger partial charge in [0, 0.05) is 17.2 Å². The van der Waals surface area contributed by atoms with Crippen molar-refractivity contribution in [2.45, 2.75) is 13.0 Å². The first-order valence-electron chi connectivity index (χ1n) is 5.31. The zero-order chi connectivity index (χ0) is 12.0. The Balaban J connectivity index is 2.90. The SMILES string of the molecule is CCOCC(NC)c1ccc(Cl)cc1OC. The maximum atomic E-state index is 5.92. The van der Waals surface area contributed by atoms with Crippen molar-refractivity contribution in [3.05, 3.63) is 28.8 Å². The van der Waals surface area contributed by atoms with Gasteiger partial charge < -0.3 is 14.8 Å². The Bertz CT molecular complexity index is 331. The molecule has 1 atom stereocenters. The molecule has 1 aromatic carbocycles. The summed E-state index contributed by atoms with van der Waals surface area (Å²) < 4.78 is 10.7. The number of likely N-dealkylation sites (N-methyl/N-ethyl adjacent to an activating group) is 1. The molecule has 90 valence electrons. The third-order valence-electron chi connectivity index (χ3n) is 2.41. The molecule has 0 saturated heterocycles. The molecule has 1 aromatic rings. The maximum Gasteiger partial charge on any atom is 0.125 e. The molecular weight excluding hydrogens is 226 g/mol. The molecule has 16 heavy (non-hydrogen) atoms. The molecular formula is C12H18ClNO2. The van der Waals surface area contributed by atoms with Crippen LogP contribution in [0.5, 0.6) is 5.75 Å². The standard InChI is InChI=1S/C12H18ClNO2/c1-4-16-8-11(14-2)10-6-5-9(13)7-12(10)15-3/h5-7,11,14H,4,8H2,1-3H3. The third-order valence-corrected chi connectivity index (χ3v) is 2.64. The van der Waals surface area contributed by atoms with E-state index in [1.165, 1.54) is 0 Å². The second-order valence-electron chi connectivity index (χ2n) is 3.39. The van der Waals surface area contributed by atoms with Gasteiger partial charge >= 0.3 is 0 Å². The summed E-state index contributed by atoms with van der Waals surface area (Å²) in [6, 6.07) is 5.75. The first-order chi connectivity index (χ1) is 7.72. The molecule has 0 aliphatic heterocycles. The molecule has 1 N–H and O–H groups in total. The number of methoxy groups -OCH3 is 1. The summed E-state index contributed by atoms with van der Waals surface area (Å²) in [6.45, 7) is 3.30. The topological polar surface area (TPSA) is 30.5 Å². The minimum atomic E-state index is 0.118. The van der Waals surface area contributed by atoms with Gasteiger partial charge in [-0.25, -0.2) is 0 Å².